The van der Waals surface area contributed by atoms with Crippen molar-refractivity contribution in [1.82, 2.24) is 14.9 Å². The average Bonchev–Trinajstić information content (AvgIpc) is 3.17. The Labute approximate surface area is 158 Å². The molecule has 1 saturated heterocycles. The van der Waals surface area contributed by atoms with Gasteiger partial charge in [-0.05, 0) is 31.0 Å². The number of rotatable bonds is 3. The second-order valence-electron chi connectivity index (χ2n) is 6.65. The molecule has 0 bridgehead atoms. The third kappa shape index (κ3) is 3.62. The van der Waals surface area contributed by atoms with Crippen molar-refractivity contribution in [2.24, 2.45) is 0 Å². The van der Waals surface area contributed by atoms with Crippen molar-refractivity contribution in [3.05, 3.63) is 71.8 Å². The minimum Gasteiger partial charge on any atom is -0.448 e. The van der Waals surface area contributed by atoms with Crippen molar-refractivity contribution in [2.75, 3.05) is 13.1 Å². The van der Waals surface area contributed by atoms with E-state index in [1.165, 1.54) is 24.6 Å². The van der Waals surface area contributed by atoms with Gasteiger partial charge in [-0.15, -0.1) is 0 Å². The molecule has 3 heterocycles. The van der Waals surface area contributed by atoms with E-state index in [1.807, 2.05) is 0 Å². The quantitative estimate of drug-likeness (QED) is 0.633. The summed E-state index contributed by atoms with van der Waals surface area (Å²) in [6.07, 6.45) is 4.05. The summed E-state index contributed by atoms with van der Waals surface area (Å²) >= 11 is 0. The smallest absolute Gasteiger partial charge is 0.254 e. The number of carbonyl (C=O) groups is 1. The number of likely N-dealkylation sites (tertiary alicyclic amines) is 1. The zero-order valence-electron chi connectivity index (χ0n) is 14.7. The summed E-state index contributed by atoms with van der Waals surface area (Å²) in [5.74, 6) is -2.17. The summed E-state index contributed by atoms with van der Waals surface area (Å²) in [5, 5.41) is 0. The predicted octanol–water partition coefficient (Wildman–Crippen LogP) is 4.17. The number of carbonyl (C=O) groups excluding carboxylic acids is 1. The number of hydrogen-bond acceptors (Lipinski definition) is 4. The topological polar surface area (TPSA) is 59.2 Å². The van der Waals surface area contributed by atoms with Crippen LogP contribution < -0.4 is 0 Å². The fourth-order valence-corrected chi connectivity index (χ4v) is 3.38. The number of oxazole rings is 1. The first-order chi connectivity index (χ1) is 13.5. The molecule has 1 aliphatic heterocycles. The SMILES string of the molecule is O=C(c1ccnc(F)c1)N1CCCC(c2nc(-c3ccc(F)cc3F)co2)C1. The molecule has 1 aliphatic rings. The van der Waals surface area contributed by atoms with Crippen molar-refractivity contribution in [2.45, 2.75) is 18.8 Å². The molecule has 1 atom stereocenters. The fourth-order valence-electron chi connectivity index (χ4n) is 3.38. The van der Waals surface area contributed by atoms with Gasteiger partial charge in [0.25, 0.3) is 5.91 Å². The van der Waals surface area contributed by atoms with Gasteiger partial charge in [0.15, 0.2) is 5.89 Å². The number of piperidine rings is 1. The van der Waals surface area contributed by atoms with Gasteiger partial charge in [0.2, 0.25) is 5.95 Å². The first-order valence-electron chi connectivity index (χ1n) is 8.83. The lowest BCUT2D eigenvalue weighted by molar-refractivity contribution is 0.0697. The third-order valence-electron chi connectivity index (χ3n) is 4.76. The molecule has 4 rings (SSSR count). The summed E-state index contributed by atoms with van der Waals surface area (Å²) in [5.41, 5.74) is 0.647. The van der Waals surface area contributed by atoms with Gasteiger partial charge >= 0.3 is 0 Å². The summed E-state index contributed by atoms with van der Waals surface area (Å²) in [7, 11) is 0. The minimum absolute atomic E-state index is 0.146. The van der Waals surface area contributed by atoms with Crippen molar-refractivity contribution >= 4 is 5.91 Å². The van der Waals surface area contributed by atoms with E-state index in [0.717, 1.165) is 31.0 Å². The number of amides is 1. The van der Waals surface area contributed by atoms with Crippen LogP contribution in [0.1, 0.15) is 35.0 Å². The Kier molecular flexibility index (Phi) is 4.85. The average molecular weight is 387 g/mol. The van der Waals surface area contributed by atoms with Crippen molar-refractivity contribution < 1.29 is 22.4 Å². The molecule has 28 heavy (non-hydrogen) atoms. The lowest BCUT2D eigenvalue weighted by Crippen LogP contribution is -2.39. The Hall–Kier alpha value is -3.16. The van der Waals surface area contributed by atoms with Gasteiger partial charge in [0.1, 0.15) is 23.6 Å². The lowest BCUT2D eigenvalue weighted by Gasteiger charge is -2.31. The van der Waals surface area contributed by atoms with Gasteiger partial charge in [0.05, 0.1) is 5.92 Å². The monoisotopic (exact) mass is 387 g/mol. The van der Waals surface area contributed by atoms with E-state index in [4.69, 9.17) is 4.42 Å². The number of halogens is 3. The third-order valence-corrected chi connectivity index (χ3v) is 4.76. The van der Waals surface area contributed by atoms with Crippen LogP contribution in [-0.2, 0) is 0 Å². The maximum atomic E-state index is 14.0. The van der Waals surface area contributed by atoms with E-state index in [1.54, 1.807) is 4.90 Å². The maximum Gasteiger partial charge on any atom is 0.254 e. The largest absolute Gasteiger partial charge is 0.448 e. The Morgan fingerprint density at radius 3 is 2.82 bits per heavy atom. The van der Waals surface area contributed by atoms with E-state index in [0.29, 0.717) is 19.0 Å². The maximum absolute atomic E-state index is 14.0. The Bertz CT molecular complexity index is 1020. The highest BCUT2D eigenvalue weighted by molar-refractivity contribution is 5.94. The van der Waals surface area contributed by atoms with Crippen LogP contribution in [0.2, 0.25) is 0 Å². The van der Waals surface area contributed by atoms with E-state index >= 15 is 0 Å². The Balaban J connectivity index is 1.52. The molecular formula is C20H16F3N3O2. The van der Waals surface area contributed by atoms with Gasteiger partial charge in [0, 0.05) is 42.5 Å². The lowest BCUT2D eigenvalue weighted by atomic mass is 9.97. The molecule has 1 unspecified atom stereocenters. The molecule has 3 aromatic rings. The highest BCUT2D eigenvalue weighted by Crippen LogP contribution is 2.30. The van der Waals surface area contributed by atoms with Crippen LogP contribution in [0.25, 0.3) is 11.3 Å². The number of hydrogen-bond donors (Lipinski definition) is 0. The summed E-state index contributed by atoms with van der Waals surface area (Å²) in [6.45, 7) is 0.897. The highest BCUT2D eigenvalue weighted by Gasteiger charge is 2.29. The van der Waals surface area contributed by atoms with Crippen LogP contribution in [0.3, 0.4) is 0 Å². The van der Waals surface area contributed by atoms with Crippen LogP contribution >= 0.6 is 0 Å². The number of nitrogens with zero attached hydrogens (tertiary/aromatic N) is 3. The number of aromatic nitrogens is 2. The normalized spacial score (nSPS) is 17.0. The van der Waals surface area contributed by atoms with Crippen molar-refractivity contribution in [3.8, 4) is 11.3 Å². The van der Waals surface area contributed by atoms with Crippen LogP contribution in [-0.4, -0.2) is 33.9 Å². The molecule has 1 amide bonds. The zero-order valence-corrected chi connectivity index (χ0v) is 14.7. The van der Waals surface area contributed by atoms with E-state index in [-0.39, 0.29) is 28.6 Å². The van der Waals surface area contributed by atoms with E-state index in [9.17, 15) is 18.0 Å². The Morgan fingerprint density at radius 2 is 2.04 bits per heavy atom. The molecule has 0 aliphatic carbocycles. The number of pyridine rings is 1. The summed E-state index contributed by atoms with van der Waals surface area (Å²) in [6, 6.07) is 5.82. The van der Waals surface area contributed by atoms with Crippen LogP contribution in [0.4, 0.5) is 13.2 Å². The molecule has 0 saturated carbocycles. The molecule has 0 radical (unpaired) electrons. The van der Waals surface area contributed by atoms with Gasteiger partial charge in [-0.25, -0.2) is 18.7 Å². The van der Waals surface area contributed by atoms with Gasteiger partial charge in [-0.1, -0.05) is 0 Å². The van der Waals surface area contributed by atoms with Crippen LogP contribution in [0, 0.1) is 17.6 Å². The van der Waals surface area contributed by atoms with Gasteiger partial charge < -0.3 is 9.32 Å². The Morgan fingerprint density at radius 1 is 1.18 bits per heavy atom. The second-order valence-corrected chi connectivity index (χ2v) is 6.65. The van der Waals surface area contributed by atoms with Gasteiger partial charge in [-0.3, -0.25) is 4.79 Å². The highest BCUT2D eigenvalue weighted by atomic mass is 19.1. The molecule has 1 fully saturated rings. The molecule has 1 aromatic carbocycles. The van der Waals surface area contributed by atoms with E-state index in [2.05, 4.69) is 9.97 Å². The molecule has 0 N–H and O–H groups in total. The van der Waals surface area contributed by atoms with E-state index < -0.39 is 17.6 Å². The van der Waals surface area contributed by atoms with Crippen LogP contribution in [0.15, 0.2) is 47.2 Å². The minimum atomic E-state index is -0.722. The standard InChI is InChI=1S/C20H16F3N3O2/c21-14-3-4-15(16(22)9-14)17-11-28-19(25-17)13-2-1-7-26(10-13)20(27)12-5-6-24-18(23)8-12/h3-6,8-9,11,13H,1-2,7,10H2. The molecule has 0 spiro atoms. The molecule has 5 nitrogen and oxygen atoms in total. The second kappa shape index (κ2) is 7.46. The van der Waals surface area contributed by atoms with Crippen molar-refractivity contribution in [3.63, 3.8) is 0 Å². The first-order valence-corrected chi connectivity index (χ1v) is 8.83. The summed E-state index contributed by atoms with van der Waals surface area (Å²) < 4.78 is 45.9. The predicted molar refractivity (Wildman–Crippen MR) is 93.9 cm³/mol. The molecule has 144 valence electrons. The molecular weight excluding hydrogens is 371 g/mol. The molecule has 2 aromatic heterocycles. The first kappa shape index (κ1) is 18.2. The fraction of sp³-hybridized carbons (Fsp3) is 0.250. The van der Waals surface area contributed by atoms with Crippen LogP contribution in [0.5, 0.6) is 0 Å². The molecule has 8 heteroatoms. The number of benzene rings is 1. The van der Waals surface area contributed by atoms with Crippen molar-refractivity contribution in [1.29, 1.82) is 0 Å². The summed E-state index contributed by atoms with van der Waals surface area (Å²) in [4.78, 5) is 22.0. The zero-order chi connectivity index (χ0) is 19.7. The van der Waals surface area contributed by atoms with Gasteiger partial charge in [-0.2, -0.15) is 4.39 Å².